The number of hydrogen-bond donors (Lipinski definition) is 2. The number of nitrogens with two attached hydrogens (primary N) is 1. The van der Waals surface area contributed by atoms with Crippen LogP contribution in [0.25, 0.3) is 0 Å². The van der Waals surface area contributed by atoms with Crippen LogP contribution in [0.4, 0.5) is 8.78 Å². The second-order valence-corrected chi connectivity index (χ2v) is 4.61. The summed E-state index contributed by atoms with van der Waals surface area (Å²) in [5.74, 6) is 4.32. The van der Waals surface area contributed by atoms with Crippen molar-refractivity contribution in [1.82, 2.24) is 5.43 Å². The van der Waals surface area contributed by atoms with Gasteiger partial charge in [-0.15, -0.1) is 0 Å². The molecular weight excluding hydrogens is 246 g/mol. The Morgan fingerprint density at radius 1 is 1.11 bits per heavy atom. The molecule has 2 rings (SSSR count). The second-order valence-electron chi connectivity index (χ2n) is 4.61. The molecule has 0 heterocycles. The first-order valence-electron chi connectivity index (χ1n) is 6.01. The maximum absolute atomic E-state index is 14.2. The maximum atomic E-state index is 14.2. The highest BCUT2D eigenvalue weighted by Crippen LogP contribution is 2.28. The molecule has 0 aliphatic rings. The van der Waals surface area contributed by atoms with Gasteiger partial charge < -0.3 is 0 Å². The number of aryl methyl sites for hydroxylation is 2. The van der Waals surface area contributed by atoms with E-state index >= 15 is 0 Å². The van der Waals surface area contributed by atoms with Crippen molar-refractivity contribution in [2.75, 3.05) is 0 Å². The van der Waals surface area contributed by atoms with Crippen molar-refractivity contribution in [3.05, 3.63) is 70.3 Å². The SMILES string of the molecule is Cc1cccc(C(NN)c2c(F)ccc(C)c2F)c1. The molecule has 0 fully saturated rings. The highest BCUT2D eigenvalue weighted by atomic mass is 19.1. The van der Waals surface area contributed by atoms with Gasteiger partial charge in [-0.1, -0.05) is 35.9 Å². The van der Waals surface area contributed by atoms with Crippen molar-refractivity contribution >= 4 is 0 Å². The number of hydrogen-bond acceptors (Lipinski definition) is 2. The quantitative estimate of drug-likeness (QED) is 0.658. The van der Waals surface area contributed by atoms with Gasteiger partial charge in [0.15, 0.2) is 0 Å². The summed E-state index contributed by atoms with van der Waals surface area (Å²) < 4.78 is 28.1. The van der Waals surface area contributed by atoms with Crippen molar-refractivity contribution in [2.45, 2.75) is 19.9 Å². The van der Waals surface area contributed by atoms with Gasteiger partial charge in [0.25, 0.3) is 0 Å². The Bertz CT molecular complexity index is 597. The predicted octanol–water partition coefficient (Wildman–Crippen LogP) is 3.13. The van der Waals surface area contributed by atoms with Gasteiger partial charge >= 0.3 is 0 Å². The molecule has 0 aliphatic heterocycles. The monoisotopic (exact) mass is 262 g/mol. The Kier molecular flexibility index (Phi) is 3.93. The van der Waals surface area contributed by atoms with Gasteiger partial charge in [0, 0.05) is 5.56 Å². The van der Waals surface area contributed by atoms with Crippen LogP contribution in [0, 0.1) is 25.5 Å². The molecule has 0 spiro atoms. The highest BCUT2D eigenvalue weighted by molar-refractivity contribution is 5.37. The number of nitrogens with one attached hydrogen (secondary N) is 1. The van der Waals surface area contributed by atoms with Crippen molar-refractivity contribution in [3.63, 3.8) is 0 Å². The lowest BCUT2D eigenvalue weighted by molar-refractivity contribution is 0.506. The minimum absolute atomic E-state index is 0.0481. The smallest absolute Gasteiger partial charge is 0.134 e. The number of hydrazine groups is 1. The summed E-state index contributed by atoms with van der Waals surface area (Å²) in [7, 11) is 0. The molecule has 4 heteroatoms. The van der Waals surface area contributed by atoms with Crippen LogP contribution in [0.5, 0.6) is 0 Å². The van der Waals surface area contributed by atoms with E-state index in [1.165, 1.54) is 12.1 Å². The summed E-state index contributed by atoms with van der Waals surface area (Å²) in [4.78, 5) is 0. The average Bonchev–Trinajstić information content (AvgIpc) is 2.39. The first-order chi connectivity index (χ1) is 9.04. The van der Waals surface area contributed by atoms with Crippen LogP contribution in [0.2, 0.25) is 0 Å². The molecule has 19 heavy (non-hydrogen) atoms. The third kappa shape index (κ3) is 2.64. The van der Waals surface area contributed by atoms with E-state index in [1.807, 2.05) is 25.1 Å². The minimum atomic E-state index is -0.709. The summed E-state index contributed by atoms with van der Waals surface area (Å²) in [5.41, 5.74) is 4.57. The van der Waals surface area contributed by atoms with E-state index in [9.17, 15) is 8.78 Å². The molecule has 0 aromatic heterocycles. The Morgan fingerprint density at radius 3 is 2.47 bits per heavy atom. The number of halogens is 2. The summed E-state index contributed by atoms with van der Waals surface area (Å²) in [6, 6.07) is 9.36. The third-order valence-electron chi connectivity index (χ3n) is 3.15. The molecule has 1 atom stereocenters. The lowest BCUT2D eigenvalue weighted by Crippen LogP contribution is -2.30. The molecule has 0 amide bonds. The zero-order valence-electron chi connectivity index (χ0n) is 10.9. The molecule has 100 valence electrons. The number of rotatable bonds is 3. The van der Waals surface area contributed by atoms with Crippen LogP contribution < -0.4 is 11.3 Å². The van der Waals surface area contributed by atoms with E-state index in [4.69, 9.17) is 5.84 Å². The topological polar surface area (TPSA) is 38.0 Å². The van der Waals surface area contributed by atoms with E-state index in [2.05, 4.69) is 5.43 Å². The minimum Gasteiger partial charge on any atom is -0.271 e. The fourth-order valence-electron chi connectivity index (χ4n) is 2.14. The van der Waals surface area contributed by atoms with Gasteiger partial charge in [-0.05, 0) is 31.0 Å². The zero-order valence-corrected chi connectivity index (χ0v) is 10.9. The Balaban J connectivity index is 2.57. The molecule has 2 aromatic carbocycles. The van der Waals surface area contributed by atoms with Gasteiger partial charge in [-0.25, -0.2) is 14.2 Å². The van der Waals surface area contributed by atoms with Gasteiger partial charge in [0.2, 0.25) is 0 Å². The van der Waals surface area contributed by atoms with Gasteiger partial charge in [0.05, 0.1) is 6.04 Å². The molecule has 0 radical (unpaired) electrons. The molecule has 2 aromatic rings. The fourth-order valence-corrected chi connectivity index (χ4v) is 2.14. The van der Waals surface area contributed by atoms with Crippen LogP contribution in [-0.4, -0.2) is 0 Å². The van der Waals surface area contributed by atoms with Crippen molar-refractivity contribution in [2.24, 2.45) is 5.84 Å². The normalized spacial score (nSPS) is 12.5. The lowest BCUT2D eigenvalue weighted by Gasteiger charge is -2.19. The van der Waals surface area contributed by atoms with Gasteiger partial charge in [0.1, 0.15) is 11.6 Å². The van der Waals surface area contributed by atoms with E-state index in [1.54, 1.807) is 13.0 Å². The summed E-state index contributed by atoms with van der Waals surface area (Å²) in [5, 5.41) is 0. The molecule has 2 nitrogen and oxygen atoms in total. The summed E-state index contributed by atoms with van der Waals surface area (Å²) >= 11 is 0. The molecule has 0 saturated carbocycles. The molecule has 0 aliphatic carbocycles. The molecular formula is C15H16F2N2. The Morgan fingerprint density at radius 2 is 1.84 bits per heavy atom. The molecule has 0 saturated heterocycles. The van der Waals surface area contributed by atoms with Gasteiger partial charge in [-0.3, -0.25) is 5.84 Å². The lowest BCUT2D eigenvalue weighted by atomic mass is 9.95. The van der Waals surface area contributed by atoms with Crippen molar-refractivity contribution < 1.29 is 8.78 Å². The fraction of sp³-hybridized carbons (Fsp3) is 0.200. The first-order valence-corrected chi connectivity index (χ1v) is 6.01. The standard InChI is InChI=1S/C15H16F2N2/c1-9-4-3-5-11(8-9)15(19-18)13-12(16)7-6-10(2)14(13)17/h3-8,15,19H,18H2,1-2H3. The van der Waals surface area contributed by atoms with E-state index < -0.39 is 17.7 Å². The van der Waals surface area contributed by atoms with Gasteiger partial charge in [-0.2, -0.15) is 0 Å². The van der Waals surface area contributed by atoms with E-state index in [-0.39, 0.29) is 5.56 Å². The van der Waals surface area contributed by atoms with Crippen LogP contribution in [0.1, 0.15) is 28.3 Å². The van der Waals surface area contributed by atoms with Crippen LogP contribution in [0.3, 0.4) is 0 Å². The van der Waals surface area contributed by atoms with E-state index in [0.717, 1.165) is 11.1 Å². The zero-order chi connectivity index (χ0) is 14.0. The highest BCUT2D eigenvalue weighted by Gasteiger charge is 2.22. The Labute approximate surface area is 111 Å². The predicted molar refractivity (Wildman–Crippen MR) is 71.4 cm³/mol. The molecule has 3 N–H and O–H groups in total. The van der Waals surface area contributed by atoms with E-state index in [0.29, 0.717) is 5.56 Å². The summed E-state index contributed by atoms with van der Waals surface area (Å²) in [6.45, 7) is 3.52. The van der Waals surface area contributed by atoms with Crippen molar-refractivity contribution in [1.29, 1.82) is 0 Å². The molecule has 1 unspecified atom stereocenters. The third-order valence-corrected chi connectivity index (χ3v) is 3.15. The first kappa shape index (κ1) is 13.6. The van der Waals surface area contributed by atoms with Crippen LogP contribution >= 0.6 is 0 Å². The maximum Gasteiger partial charge on any atom is 0.134 e. The van der Waals surface area contributed by atoms with Crippen LogP contribution in [-0.2, 0) is 0 Å². The van der Waals surface area contributed by atoms with Crippen LogP contribution in [0.15, 0.2) is 36.4 Å². The summed E-state index contributed by atoms with van der Waals surface area (Å²) in [6.07, 6.45) is 0. The Hall–Kier alpha value is -1.78. The average molecular weight is 262 g/mol. The number of benzene rings is 2. The largest absolute Gasteiger partial charge is 0.271 e. The molecule has 0 bridgehead atoms. The second kappa shape index (κ2) is 5.47. The van der Waals surface area contributed by atoms with Crippen molar-refractivity contribution in [3.8, 4) is 0 Å².